The first-order valence-corrected chi connectivity index (χ1v) is 38.8. The quantitative estimate of drug-likeness (QED) is 0.0218. The summed E-state index contributed by atoms with van der Waals surface area (Å²) in [6.45, 7) is 40.3. The summed E-state index contributed by atoms with van der Waals surface area (Å²) >= 11 is 0. The van der Waals surface area contributed by atoms with Crippen molar-refractivity contribution >= 4 is 58.4 Å². The third-order valence-electron chi connectivity index (χ3n) is 14.0. The molecule has 0 spiro atoms. The molecule has 75 heavy (non-hydrogen) atoms. The molecule has 2 fully saturated rings. The zero-order chi connectivity index (χ0) is 56.5. The van der Waals surface area contributed by atoms with Crippen LogP contribution >= 0.6 is 0 Å². The van der Waals surface area contributed by atoms with E-state index >= 15 is 0 Å². The van der Waals surface area contributed by atoms with Gasteiger partial charge in [-0.15, -0.1) is 0 Å². The first-order valence-electron chi connectivity index (χ1n) is 28.7. The minimum Gasteiger partial charge on any atom is -0.455 e. The Balaban J connectivity index is 1.73. The molecule has 4 unspecified atom stereocenters. The van der Waals surface area contributed by atoms with Gasteiger partial charge >= 0.3 is 41.7 Å². The summed E-state index contributed by atoms with van der Waals surface area (Å²) in [6, 6.07) is 2.39. The summed E-state index contributed by atoms with van der Waals surface area (Å²) < 4.78 is 42.6. The number of carbonyl (C=O) groups is 4. The number of carbonyl (C=O) groups excluding carboxylic acids is 4. The molecule has 8 N–H and O–H groups in total. The summed E-state index contributed by atoms with van der Waals surface area (Å²) in [5.74, 6) is 0. The Kier molecular flexibility index (Phi) is 30.0. The van der Waals surface area contributed by atoms with Crippen LogP contribution < -0.4 is 42.5 Å². The molecule has 0 saturated heterocycles. The first kappa shape index (κ1) is 68.8. The molecule has 2 saturated carbocycles. The van der Waals surface area contributed by atoms with E-state index in [0.29, 0.717) is 104 Å². The van der Waals surface area contributed by atoms with Crippen LogP contribution in [0.25, 0.3) is 0 Å². The minimum atomic E-state index is -2.76. The van der Waals surface area contributed by atoms with Crippen LogP contribution in [0.3, 0.4) is 0 Å². The topological polar surface area (TPSA) is 229 Å². The fourth-order valence-electron chi connectivity index (χ4n) is 12.2. The molecule has 0 bridgehead atoms. The Morgan fingerprint density at radius 1 is 0.413 bits per heavy atom. The van der Waals surface area contributed by atoms with Gasteiger partial charge in [0.15, 0.2) is 16.6 Å². The van der Waals surface area contributed by atoms with Crippen LogP contribution in [0, 0.1) is 21.7 Å². The number of hydrogen-bond acceptors (Lipinski definition) is 11. The molecule has 19 nitrogen and oxygen atoms in total. The molecule has 0 aliphatic heterocycles. The molecule has 2 aliphatic carbocycles. The smallest absolute Gasteiger partial charge is 0.455 e. The average Bonchev–Trinajstić information content (AvgIpc) is 3.27. The van der Waals surface area contributed by atoms with E-state index < -0.39 is 34.2 Å². The fraction of sp³-hybridized carbons (Fsp3) is 0.923. The maximum absolute atomic E-state index is 13.2. The van der Waals surface area contributed by atoms with Gasteiger partial charge in [-0.25, -0.2) is 19.2 Å². The number of hydrogen-bond donors (Lipinski definition) is 8. The summed E-state index contributed by atoms with van der Waals surface area (Å²) in [7, 11) is -9.56. The normalized spacial score (nSPS) is 21.9. The second-order valence-electron chi connectivity index (χ2n) is 24.5. The number of urea groups is 4. The van der Waals surface area contributed by atoms with Gasteiger partial charge in [0.05, 0.1) is 0 Å². The molecule has 440 valence electrons. The zero-order valence-electron chi connectivity index (χ0n) is 50.0. The van der Waals surface area contributed by atoms with Gasteiger partial charge in [0.25, 0.3) is 0 Å². The van der Waals surface area contributed by atoms with Crippen LogP contribution in [0.5, 0.6) is 0 Å². The van der Waals surface area contributed by atoms with Crippen molar-refractivity contribution in [3.63, 3.8) is 0 Å². The zero-order valence-corrected chi connectivity index (χ0v) is 54.0. The third-order valence-corrected chi connectivity index (χ3v) is 27.9. The van der Waals surface area contributed by atoms with Gasteiger partial charge in [0, 0.05) is 103 Å². The van der Waals surface area contributed by atoms with Crippen molar-refractivity contribution < 1.29 is 49.8 Å². The van der Waals surface area contributed by atoms with Crippen LogP contribution in [0.1, 0.15) is 147 Å². The maximum Gasteiger partial charge on any atom is 0.500 e. The Bertz CT molecular complexity index is 1550. The van der Waals surface area contributed by atoms with Crippen molar-refractivity contribution in [3.8, 4) is 0 Å². The molecular formula is C52H110N8O11Si4. The van der Waals surface area contributed by atoms with E-state index in [4.69, 9.17) is 30.7 Å². The van der Waals surface area contributed by atoms with Crippen LogP contribution in [0.4, 0.5) is 19.2 Å². The monoisotopic (exact) mass is 1130 g/mol. The van der Waals surface area contributed by atoms with E-state index in [0.717, 1.165) is 63.5 Å². The molecule has 0 aromatic carbocycles. The van der Waals surface area contributed by atoms with E-state index in [1.807, 2.05) is 41.5 Å². The molecule has 0 radical (unpaired) electrons. The molecule has 0 aromatic rings. The van der Waals surface area contributed by atoms with Gasteiger partial charge in [-0.2, -0.15) is 0 Å². The first-order chi connectivity index (χ1) is 35.0. The lowest BCUT2D eigenvalue weighted by Gasteiger charge is -2.47. The highest BCUT2D eigenvalue weighted by Gasteiger charge is 2.45. The van der Waals surface area contributed by atoms with Gasteiger partial charge in [-0.1, -0.05) is 41.5 Å². The van der Waals surface area contributed by atoms with E-state index in [9.17, 15) is 19.2 Å². The Morgan fingerprint density at radius 2 is 0.693 bits per heavy atom. The van der Waals surface area contributed by atoms with Crippen molar-refractivity contribution in [1.82, 2.24) is 42.5 Å². The molecule has 23 heteroatoms. The number of rotatable bonds is 36. The van der Waals surface area contributed by atoms with Crippen LogP contribution in [-0.4, -0.2) is 149 Å². The third kappa shape index (κ3) is 27.9. The Labute approximate surface area is 459 Å². The van der Waals surface area contributed by atoms with Crippen molar-refractivity contribution in [1.29, 1.82) is 0 Å². The Hall–Kier alpha value is -2.33. The summed E-state index contributed by atoms with van der Waals surface area (Å²) in [4.78, 5) is 52.2. The summed E-state index contributed by atoms with van der Waals surface area (Å²) in [6.07, 6.45) is 8.20. The highest BCUT2D eigenvalue weighted by molar-refractivity contribution is 6.84. The lowest BCUT2D eigenvalue weighted by Crippen LogP contribution is -2.53. The molecule has 8 amide bonds. The molecule has 0 aromatic heterocycles. The van der Waals surface area contributed by atoms with Crippen LogP contribution in [-0.2, 0) is 30.7 Å². The molecule has 2 aliphatic rings. The predicted octanol–water partition coefficient (Wildman–Crippen LogP) is 9.44. The van der Waals surface area contributed by atoms with Crippen molar-refractivity contribution in [2.24, 2.45) is 21.7 Å². The number of nitrogens with one attached hydrogen (secondary N) is 8. The highest BCUT2D eigenvalue weighted by Crippen LogP contribution is 2.47. The average molecular weight is 1140 g/mol. The van der Waals surface area contributed by atoms with E-state index in [1.165, 1.54) is 0 Å². The predicted molar refractivity (Wildman–Crippen MR) is 310 cm³/mol. The van der Waals surface area contributed by atoms with E-state index in [2.05, 4.69) is 110 Å². The highest BCUT2D eigenvalue weighted by atomic mass is 28.4. The minimum absolute atomic E-state index is 0.00539. The summed E-state index contributed by atoms with van der Waals surface area (Å²) in [5.41, 5.74) is -0.376. The lowest BCUT2D eigenvalue weighted by molar-refractivity contribution is 0.0700. The summed E-state index contributed by atoms with van der Waals surface area (Å²) in [5, 5.41) is 24.9. The standard InChI is InChI=1S/C52H110N8O11Si4/c1-17-65-74(66-18-2,67-19-3)33-25-29-53-45(61)57-41-51(11)37-43(35-49(7,8)39-51)59-47(63)55-27-23-31-72(13,14)71-73(15,16)32-24-28-56-48(64)60-44-36-50(9,10)40-52(12,38-44)42-58-46(62)54-30-26-34-75(68-20-4,69-21-5)70-22-6/h43-44H,17-42H2,1-16H3,(H2,53,57,61)(H2,54,58,62)(H2,55,59,63)(H2,56,60,64). The van der Waals surface area contributed by atoms with Crippen LogP contribution in [0.2, 0.25) is 50.4 Å². The largest absolute Gasteiger partial charge is 0.500 e. The molecule has 2 rings (SSSR count). The lowest BCUT2D eigenvalue weighted by atomic mass is 9.62. The molecule has 4 atom stereocenters. The van der Waals surface area contributed by atoms with Gasteiger partial charge in [0.1, 0.15) is 0 Å². The fourth-order valence-corrected chi connectivity index (χ4v) is 26.3. The van der Waals surface area contributed by atoms with E-state index in [-0.39, 0.29) is 57.9 Å². The second kappa shape index (κ2) is 32.7. The van der Waals surface area contributed by atoms with Gasteiger partial charge in [-0.3, -0.25) is 0 Å². The van der Waals surface area contributed by atoms with Gasteiger partial charge in [-0.05, 0) is 166 Å². The van der Waals surface area contributed by atoms with Gasteiger partial charge < -0.3 is 73.2 Å². The van der Waals surface area contributed by atoms with Crippen molar-refractivity contribution in [2.45, 2.75) is 210 Å². The number of amides is 8. The van der Waals surface area contributed by atoms with Crippen LogP contribution in [0.15, 0.2) is 0 Å². The van der Waals surface area contributed by atoms with Gasteiger partial charge in [0.2, 0.25) is 0 Å². The maximum atomic E-state index is 13.2. The molecule has 0 heterocycles. The van der Waals surface area contributed by atoms with E-state index in [1.54, 1.807) is 0 Å². The second-order valence-corrected chi connectivity index (χ2v) is 38.9. The Morgan fingerprint density at radius 3 is 0.987 bits per heavy atom. The van der Waals surface area contributed by atoms with Crippen molar-refractivity contribution in [3.05, 3.63) is 0 Å². The SMILES string of the molecule is CCO[Si](CCCNC(=O)NCC1(C)CC(NC(=O)NCCC[Si](C)(C)O[Si](C)(C)CCCNC(=O)NC2CC(C)(C)CC(C)(CNC(=O)NCCC[Si](OCC)(OCC)OCC)C2)CC(C)(C)C1)(OCC)OCC. The molecular weight excluding hydrogens is 1020 g/mol. The van der Waals surface area contributed by atoms with Crippen molar-refractivity contribution in [2.75, 3.05) is 78.9 Å².